The topological polar surface area (TPSA) is 60.4 Å². The largest absolute Gasteiger partial charge is 0.497 e. The minimum atomic E-state index is -3.02. The van der Waals surface area contributed by atoms with E-state index in [-0.39, 0.29) is 22.2 Å². The number of ketones is 1. The molecule has 0 amide bonds. The number of sulfone groups is 1. The van der Waals surface area contributed by atoms with Gasteiger partial charge in [-0.25, -0.2) is 8.42 Å². The Morgan fingerprint density at radius 1 is 1.09 bits per heavy atom. The Hall–Kier alpha value is -1.36. The molecule has 0 N–H and O–H groups in total. The summed E-state index contributed by atoms with van der Waals surface area (Å²) in [6.45, 7) is 3.84. The molecule has 0 aliphatic carbocycles. The lowest BCUT2D eigenvalue weighted by Crippen LogP contribution is -2.45. The van der Waals surface area contributed by atoms with Gasteiger partial charge in [0.25, 0.3) is 0 Å². The number of rotatable bonds is 3. The standard InChI is InChI=1S/C18H24O4S/c1-11-7-14(22-3)8-12(2)17(11)18(19)13-9-15-5-4-6-16(10-13)23(15,20)21/h7-8,13,15-16H,4-6,9-10H2,1-3H3. The van der Waals surface area contributed by atoms with E-state index in [0.29, 0.717) is 25.7 Å². The molecule has 2 fully saturated rings. The van der Waals surface area contributed by atoms with Crippen molar-refractivity contribution in [3.05, 3.63) is 28.8 Å². The molecule has 1 aromatic rings. The zero-order valence-corrected chi connectivity index (χ0v) is 14.8. The van der Waals surface area contributed by atoms with Crippen LogP contribution in [-0.4, -0.2) is 31.8 Å². The van der Waals surface area contributed by atoms with Crippen LogP contribution in [0.25, 0.3) is 0 Å². The predicted octanol–water partition coefficient (Wildman–Crippen LogP) is 3.24. The molecule has 5 heteroatoms. The molecule has 0 radical (unpaired) electrons. The molecule has 2 bridgehead atoms. The number of hydrogen-bond donors (Lipinski definition) is 0. The van der Waals surface area contributed by atoms with Gasteiger partial charge in [-0.2, -0.15) is 0 Å². The molecular weight excluding hydrogens is 312 g/mol. The van der Waals surface area contributed by atoms with Crippen LogP contribution in [0.5, 0.6) is 5.75 Å². The third-order valence-electron chi connectivity index (χ3n) is 5.44. The number of hydrogen-bond acceptors (Lipinski definition) is 4. The quantitative estimate of drug-likeness (QED) is 0.795. The lowest BCUT2D eigenvalue weighted by molar-refractivity contribution is 0.0892. The van der Waals surface area contributed by atoms with E-state index < -0.39 is 9.84 Å². The maximum atomic E-state index is 13.0. The number of benzene rings is 1. The van der Waals surface area contributed by atoms with E-state index in [0.717, 1.165) is 28.9 Å². The number of Topliss-reactive ketones (excluding diaryl/α,β-unsaturated/α-hetero) is 1. The van der Waals surface area contributed by atoms with Crippen LogP contribution in [-0.2, 0) is 9.84 Å². The van der Waals surface area contributed by atoms with Crippen molar-refractivity contribution in [1.29, 1.82) is 0 Å². The van der Waals surface area contributed by atoms with Crippen molar-refractivity contribution in [2.75, 3.05) is 7.11 Å². The molecule has 2 saturated heterocycles. The Balaban J connectivity index is 1.91. The van der Waals surface area contributed by atoms with Crippen LogP contribution in [0.3, 0.4) is 0 Å². The average molecular weight is 336 g/mol. The van der Waals surface area contributed by atoms with Gasteiger partial charge in [-0.15, -0.1) is 0 Å². The van der Waals surface area contributed by atoms with Crippen molar-refractivity contribution in [2.45, 2.75) is 56.5 Å². The molecule has 2 atom stereocenters. The highest BCUT2D eigenvalue weighted by molar-refractivity contribution is 7.92. The summed E-state index contributed by atoms with van der Waals surface area (Å²) in [6.07, 6.45) is 3.37. The van der Waals surface area contributed by atoms with E-state index in [4.69, 9.17) is 4.74 Å². The van der Waals surface area contributed by atoms with Gasteiger partial charge in [0.05, 0.1) is 17.6 Å². The van der Waals surface area contributed by atoms with Gasteiger partial charge in [-0.05, 0) is 62.8 Å². The molecule has 23 heavy (non-hydrogen) atoms. The van der Waals surface area contributed by atoms with Gasteiger partial charge in [-0.1, -0.05) is 6.42 Å². The molecule has 2 aliphatic heterocycles. The Labute approximate surface area is 138 Å². The molecule has 2 unspecified atom stereocenters. The highest BCUT2D eigenvalue weighted by Crippen LogP contribution is 2.41. The first-order valence-corrected chi connectivity index (χ1v) is 9.87. The van der Waals surface area contributed by atoms with Crippen molar-refractivity contribution < 1.29 is 17.9 Å². The Kier molecular flexibility index (Phi) is 4.25. The second-order valence-corrected chi connectivity index (χ2v) is 9.44. The lowest BCUT2D eigenvalue weighted by Gasteiger charge is -2.38. The Bertz CT molecular complexity index is 692. The molecular formula is C18H24O4S. The summed E-state index contributed by atoms with van der Waals surface area (Å²) in [4.78, 5) is 13.0. The summed E-state index contributed by atoms with van der Waals surface area (Å²) in [6, 6.07) is 3.75. The predicted molar refractivity (Wildman–Crippen MR) is 89.9 cm³/mol. The zero-order valence-electron chi connectivity index (χ0n) is 14.0. The second-order valence-electron chi connectivity index (χ2n) is 6.93. The summed E-state index contributed by atoms with van der Waals surface area (Å²) in [5.41, 5.74) is 2.56. The smallest absolute Gasteiger partial charge is 0.166 e. The number of methoxy groups -OCH3 is 1. The third-order valence-corrected chi connectivity index (χ3v) is 8.15. The van der Waals surface area contributed by atoms with E-state index in [9.17, 15) is 13.2 Å². The van der Waals surface area contributed by atoms with Crippen molar-refractivity contribution in [3.8, 4) is 5.75 Å². The molecule has 0 aromatic heterocycles. The van der Waals surface area contributed by atoms with Gasteiger partial charge in [0.1, 0.15) is 5.75 Å². The monoisotopic (exact) mass is 336 g/mol. The van der Waals surface area contributed by atoms with Crippen LogP contribution < -0.4 is 4.74 Å². The molecule has 2 aliphatic rings. The molecule has 3 rings (SSSR count). The fourth-order valence-corrected chi connectivity index (χ4v) is 6.79. The number of fused-ring (bicyclic) bond motifs is 2. The maximum absolute atomic E-state index is 13.0. The number of carbonyl (C=O) groups is 1. The summed E-state index contributed by atoms with van der Waals surface area (Å²) in [5, 5.41) is -0.634. The van der Waals surface area contributed by atoms with Gasteiger partial charge >= 0.3 is 0 Å². The van der Waals surface area contributed by atoms with Crippen LogP contribution in [0.4, 0.5) is 0 Å². The van der Waals surface area contributed by atoms with Crippen molar-refractivity contribution >= 4 is 15.6 Å². The van der Waals surface area contributed by atoms with Crippen molar-refractivity contribution in [1.82, 2.24) is 0 Å². The van der Waals surface area contributed by atoms with Gasteiger partial charge < -0.3 is 4.74 Å². The van der Waals surface area contributed by atoms with E-state index in [1.807, 2.05) is 26.0 Å². The fourth-order valence-electron chi connectivity index (χ4n) is 4.26. The maximum Gasteiger partial charge on any atom is 0.166 e. The van der Waals surface area contributed by atoms with Crippen LogP contribution in [0, 0.1) is 19.8 Å². The highest BCUT2D eigenvalue weighted by Gasteiger charge is 2.46. The normalized spacial score (nSPS) is 29.1. The second kappa shape index (κ2) is 5.93. The van der Waals surface area contributed by atoms with Crippen molar-refractivity contribution in [3.63, 3.8) is 0 Å². The molecule has 1 aromatic carbocycles. The Morgan fingerprint density at radius 3 is 2.09 bits per heavy atom. The first kappa shape index (κ1) is 16.5. The van der Waals surface area contributed by atoms with E-state index in [1.165, 1.54) is 0 Å². The fraction of sp³-hybridized carbons (Fsp3) is 0.611. The summed E-state index contributed by atoms with van der Waals surface area (Å²) in [5.74, 6) is 0.689. The zero-order chi connectivity index (χ0) is 16.8. The summed E-state index contributed by atoms with van der Waals surface area (Å²) >= 11 is 0. The van der Waals surface area contributed by atoms with Gasteiger partial charge in [0.2, 0.25) is 0 Å². The summed E-state index contributed by atoms with van der Waals surface area (Å²) < 4.78 is 30.0. The van der Waals surface area contributed by atoms with Gasteiger partial charge in [0.15, 0.2) is 15.6 Å². The highest BCUT2D eigenvalue weighted by atomic mass is 32.2. The molecule has 126 valence electrons. The first-order chi connectivity index (χ1) is 10.8. The number of ether oxygens (including phenoxy) is 1. The van der Waals surface area contributed by atoms with E-state index in [2.05, 4.69) is 0 Å². The minimum absolute atomic E-state index is 0.106. The van der Waals surface area contributed by atoms with Crippen LogP contribution >= 0.6 is 0 Å². The number of carbonyl (C=O) groups excluding carboxylic acids is 1. The lowest BCUT2D eigenvalue weighted by atomic mass is 9.82. The third kappa shape index (κ3) is 2.80. The summed E-state index contributed by atoms with van der Waals surface area (Å²) in [7, 11) is -1.40. The molecule has 0 saturated carbocycles. The first-order valence-electron chi connectivity index (χ1n) is 8.26. The molecule has 2 heterocycles. The minimum Gasteiger partial charge on any atom is -0.497 e. The van der Waals surface area contributed by atoms with Crippen LogP contribution in [0.1, 0.15) is 53.6 Å². The number of aryl methyl sites for hydroxylation is 2. The van der Waals surface area contributed by atoms with E-state index in [1.54, 1.807) is 7.11 Å². The van der Waals surface area contributed by atoms with Crippen LogP contribution in [0.15, 0.2) is 12.1 Å². The van der Waals surface area contributed by atoms with Crippen molar-refractivity contribution in [2.24, 2.45) is 5.92 Å². The molecule has 0 spiro atoms. The van der Waals surface area contributed by atoms with Gasteiger partial charge in [0, 0.05) is 11.5 Å². The Morgan fingerprint density at radius 2 is 1.61 bits per heavy atom. The van der Waals surface area contributed by atoms with Crippen LogP contribution in [0.2, 0.25) is 0 Å². The van der Waals surface area contributed by atoms with Gasteiger partial charge in [-0.3, -0.25) is 4.79 Å². The van der Waals surface area contributed by atoms with E-state index >= 15 is 0 Å². The molecule has 4 nitrogen and oxygen atoms in total. The average Bonchev–Trinajstić information content (AvgIpc) is 2.44. The SMILES string of the molecule is COc1cc(C)c(C(=O)C2CC3CCCC(C2)S3(=O)=O)c(C)c1.